The van der Waals surface area contributed by atoms with Gasteiger partial charge in [0.15, 0.2) is 0 Å². The van der Waals surface area contributed by atoms with E-state index in [1.807, 2.05) is 0 Å². The fourth-order valence-electron chi connectivity index (χ4n) is 0. The lowest BCUT2D eigenvalue weighted by Crippen LogP contribution is -1.63. The smallest absolute Gasteiger partial charge is 0.195 e. The van der Waals surface area contributed by atoms with Crippen LogP contribution in [0.3, 0.4) is 0 Å². The van der Waals surface area contributed by atoms with Crippen molar-refractivity contribution in [2.75, 3.05) is 6.38 Å². The second kappa shape index (κ2) is 4.97. The third kappa shape index (κ3) is 236. The van der Waals surface area contributed by atoms with E-state index in [-0.39, 0.29) is 0 Å². The zero-order chi connectivity index (χ0) is 6.50. The molecule has 0 radical (unpaired) electrons. The normalized spacial score (nSPS) is 9.14. The van der Waals surface area contributed by atoms with E-state index in [0.29, 0.717) is 0 Å². The molecular weight excluding hydrogens is 182 g/mol. The molecule has 0 atom stereocenters. The molecule has 0 rings (SSSR count). The van der Waals surface area contributed by atoms with Gasteiger partial charge in [-0.2, -0.15) is 8.42 Å². The third-order valence-corrected chi connectivity index (χ3v) is 0. The van der Waals surface area contributed by atoms with Crippen LogP contribution in [0.2, 0.25) is 0 Å². The molecule has 0 aliphatic rings. The van der Waals surface area contributed by atoms with E-state index in [9.17, 15) is 0 Å². The second-order valence-corrected chi connectivity index (χ2v) is 4.05. The molecule has 46 valence electrons. The quantitative estimate of drug-likeness (QED) is 0.424. The summed E-state index contributed by atoms with van der Waals surface area (Å²) in [6.07, 6.45) is 1.47. The van der Waals surface area contributed by atoms with Gasteiger partial charge in [0, 0.05) is 27.7 Å². The summed E-state index contributed by atoms with van der Waals surface area (Å²) >= 11 is 4.64. The zero-order valence-electron chi connectivity index (χ0n) is 3.36. The van der Waals surface area contributed by atoms with Crippen molar-refractivity contribution in [2.24, 2.45) is 0 Å². The SMILES string of the molecule is CCl.O=S(=O)(Cl)Cl. The monoisotopic (exact) mass is 184 g/mol. The van der Waals surface area contributed by atoms with Crippen LogP contribution in [0.1, 0.15) is 0 Å². The molecular formula is CH3Cl3O2S. The molecule has 0 aromatic carbocycles. The van der Waals surface area contributed by atoms with Crippen molar-refractivity contribution in [1.82, 2.24) is 0 Å². The van der Waals surface area contributed by atoms with Crippen LogP contribution in [0.5, 0.6) is 0 Å². The first kappa shape index (κ1) is 10.7. The van der Waals surface area contributed by atoms with Gasteiger partial charge in [0.2, 0.25) is 0 Å². The summed E-state index contributed by atoms with van der Waals surface area (Å²) in [4.78, 5) is 0. The van der Waals surface area contributed by atoms with Crippen molar-refractivity contribution in [3.8, 4) is 0 Å². The maximum Gasteiger partial charge on any atom is 0.317 e. The van der Waals surface area contributed by atoms with Gasteiger partial charge in [-0.1, -0.05) is 0 Å². The Kier molecular flexibility index (Phi) is 7.62. The van der Waals surface area contributed by atoms with Crippen LogP contribution < -0.4 is 0 Å². The average molecular weight is 185 g/mol. The van der Waals surface area contributed by atoms with Gasteiger partial charge in [0.1, 0.15) is 0 Å². The molecule has 2 nitrogen and oxygen atoms in total. The van der Waals surface area contributed by atoms with Crippen LogP contribution in [-0.4, -0.2) is 14.8 Å². The zero-order valence-corrected chi connectivity index (χ0v) is 6.44. The fourth-order valence-corrected chi connectivity index (χ4v) is 0. The van der Waals surface area contributed by atoms with Crippen molar-refractivity contribution in [3.63, 3.8) is 0 Å². The Bertz CT molecular complexity index is 96.1. The van der Waals surface area contributed by atoms with E-state index in [0.717, 1.165) is 0 Å². The van der Waals surface area contributed by atoms with Crippen molar-refractivity contribution in [2.45, 2.75) is 0 Å². The molecule has 0 unspecified atom stereocenters. The molecule has 0 amide bonds. The Hall–Kier alpha value is 0.820. The highest BCUT2D eigenvalue weighted by Crippen LogP contribution is 1.98. The van der Waals surface area contributed by atoms with Crippen LogP contribution in [-0.2, 0) is 8.26 Å². The molecule has 0 N–H and O–H groups in total. The summed E-state index contributed by atoms with van der Waals surface area (Å²) in [7, 11) is 4.81. The summed E-state index contributed by atoms with van der Waals surface area (Å²) in [6.45, 7) is 0. The van der Waals surface area contributed by atoms with E-state index in [4.69, 9.17) is 8.42 Å². The highest BCUT2D eigenvalue weighted by Gasteiger charge is 1.88. The first-order valence-electron chi connectivity index (χ1n) is 1.02. The molecule has 0 aromatic heterocycles. The minimum atomic E-state index is -3.72. The largest absolute Gasteiger partial charge is 0.317 e. The summed E-state index contributed by atoms with van der Waals surface area (Å²) in [5, 5.41) is 0. The van der Waals surface area contributed by atoms with Gasteiger partial charge in [-0.05, 0) is 0 Å². The molecule has 0 saturated heterocycles. The predicted molar refractivity (Wildman–Crippen MR) is 32.4 cm³/mol. The number of hydrogen-bond acceptors (Lipinski definition) is 2. The van der Waals surface area contributed by atoms with Crippen LogP contribution in [0.4, 0.5) is 0 Å². The lowest BCUT2D eigenvalue weighted by molar-refractivity contribution is 0.621. The Morgan fingerprint density at radius 1 is 1.14 bits per heavy atom. The predicted octanol–water partition coefficient (Wildman–Crippen LogP) is 1.56. The number of rotatable bonds is 0. The van der Waals surface area contributed by atoms with E-state index in [1.165, 1.54) is 6.38 Å². The molecule has 0 fully saturated rings. The van der Waals surface area contributed by atoms with Gasteiger partial charge >= 0.3 is 8.26 Å². The van der Waals surface area contributed by atoms with E-state index >= 15 is 0 Å². The third-order valence-electron chi connectivity index (χ3n) is 0. The molecule has 0 bridgehead atoms. The average Bonchev–Trinajstić information content (AvgIpc) is 1.36. The first-order chi connectivity index (χ1) is 3.00. The Morgan fingerprint density at radius 2 is 1.14 bits per heavy atom. The summed E-state index contributed by atoms with van der Waals surface area (Å²) < 4.78 is 18.3. The lowest BCUT2D eigenvalue weighted by Gasteiger charge is -1.61. The molecule has 0 aromatic rings. The van der Waals surface area contributed by atoms with Gasteiger partial charge in [0.05, 0.1) is 0 Å². The lowest BCUT2D eigenvalue weighted by atomic mass is 12.0. The maximum atomic E-state index is 9.16. The van der Waals surface area contributed by atoms with Crippen LogP contribution in [0, 0.1) is 0 Å². The molecule has 0 spiro atoms. The van der Waals surface area contributed by atoms with E-state index < -0.39 is 8.26 Å². The van der Waals surface area contributed by atoms with E-state index in [1.54, 1.807) is 0 Å². The van der Waals surface area contributed by atoms with Gasteiger partial charge in [-0.3, -0.25) is 0 Å². The maximum absolute atomic E-state index is 9.16. The Balaban J connectivity index is 0. The molecule has 6 heteroatoms. The summed E-state index contributed by atoms with van der Waals surface area (Å²) in [5.41, 5.74) is 0. The minimum Gasteiger partial charge on any atom is -0.195 e. The van der Waals surface area contributed by atoms with Crippen molar-refractivity contribution >= 4 is 41.2 Å². The molecule has 0 aliphatic carbocycles. The number of halogens is 3. The minimum absolute atomic E-state index is 1.47. The first-order valence-corrected chi connectivity index (χ1v) is 4.91. The van der Waals surface area contributed by atoms with Crippen molar-refractivity contribution in [1.29, 1.82) is 0 Å². The van der Waals surface area contributed by atoms with Gasteiger partial charge in [-0.15, -0.1) is 11.6 Å². The van der Waals surface area contributed by atoms with Crippen LogP contribution >= 0.6 is 33.0 Å². The van der Waals surface area contributed by atoms with Crippen molar-refractivity contribution in [3.05, 3.63) is 0 Å². The Labute approximate surface area is 56.3 Å². The molecule has 0 heterocycles. The molecule has 0 saturated carbocycles. The highest BCUT2D eigenvalue weighted by molar-refractivity contribution is 8.31. The molecule has 0 aliphatic heterocycles. The van der Waals surface area contributed by atoms with Gasteiger partial charge < -0.3 is 0 Å². The van der Waals surface area contributed by atoms with Gasteiger partial charge in [-0.25, -0.2) is 0 Å². The number of hydrogen-bond donors (Lipinski definition) is 0. The molecule has 7 heavy (non-hydrogen) atoms. The highest BCUT2D eigenvalue weighted by atomic mass is 36.0. The van der Waals surface area contributed by atoms with Crippen molar-refractivity contribution < 1.29 is 8.42 Å². The van der Waals surface area contributed by atoms with Crippen LogP contribution in [0.25, 0.3) is 0 Å². The van der Waals surface area contributed by atoms with Gasteiger partial charge in [0.25, 0.3) is 0 Å². The Morgan fingerprint density at radius 3 is 1.14 bits per heavy atom. The topological polar surface area (TPSA) is 34.1 Å². The van der Waals surface area contributed by atoms with Crippen LogP contribution in [0.15, 0.2) is 0 Å². The second-order valence-electron chi connectivity index (χ2n) is 0.378. The summed E-state index contributed by atoms with van der Waals surface area (Å²) in [6, 6.07) is 0. The van der Waals surface area contributed by atoms with E-state index in [2.05, 4.69) is 33.0 Å². The summed E-state index contributed by atoms with van der Waals surface area (Å²) in [5.74, 6) is 0. The standard InChI is InChI=1S/CH3Cl.Cl2O2S/c1-2;1-5(2,3)4/h1H3;. The number of alkyl halides is 1. The fraction of sp³-hybridized carbons (Fsp3) is 1.00.